The molecular weight excluding hydrogens is 394 g/mol. The van der Waals surface area contributed by atoms with Crippen molar-refractivity contribution in [1.82, 2.24) is 29.3 Å². The van der Waals surface area contributed by atoms with Crippen molar-refractivity contribution in [2.45, 2.75) is 45.7 Å². The molecule has 160 valence electrons. The van der Waals surface area contributed by atoms with Crippen molar-refractivity contribution < 1.29 is 0 Å². The highest BCUT2D eigenvalue weighted by molar-refractivity contribution is 5.70. The largest absolute Gasteiger partial charge is 0.399 e. The fourth-order valence-electron chi connectivity index (χ4n) is 3.62. The zero-order valence-corrected chi connectivity index (χ0v) is 17.4. The van der Waals surface area contributed by atoms with E-state index in [1.165, 1.54) is 4.57 Å². The molecule has 3 N–H and O–H groups in total. The predicted octanol–water partition coefficient (Wildman–Crippen LogP) is 1.89. The highest BCUT2D eigenvalue weighted by atomic mass is 16.2. The molecule has 0 fully saturated rings. The Balaban J connectivity index is 1.77. The first kappa shape index (κ1) is 20.5. The number of unbranched alkanes of at least 4 members (excludes halogenated alkanes) is 1. The summed E-state index contributed by atoms with van der Waals surface area (Å²) in [6.45, 7) is 2.80. The van der Waals surface area contributed by atoms with Crippen LogP contribution in [0.25, 0.3) is 11.2 Å². The Morgan fingerprint density at radius 3 is 2.68 bits per heavy atom. The first-order chi connectivity index (χ1) is 15.1. The molecule has 0 aliphatic carbocycles. The minimum atomic E-state index is -0.335. The number of rotatable bonds is 8. The molecule has 4 rings (SSSR count). The van der Waals surface area contributed by atoms with Crippen LogP contribution in [0.2, 0.25) is 0 Å². The molecule has 4 aromatic rings. The monoisotopic (exact) mass is 419 g/mol. The number of aromatic nitrogens is 6. The number of nitrogens with two attached hydrogens (primary N) is 1. The van der Waals surface area contributed by atoms with Crippen molar-refractivity contribution in [3.63, 3.8) is 0 Å². The van der Waals surface area contributed by atoms with Gasteiger partial charge in [0.2, 0.25) is 0 Å². The molecule has 3 heterocycles. The lowest BCUT2D eigenvalue weighted by molar-refractivity contribution is 0.542. The van der Waals surface area contributed by atoms with Gasteiger partial charge in [0.25, 0.3) is 5.56 Å². The van der Waals surface area contributed by atoms with Crippen LogP contribution in [0.1, 0.15) is 36.7 Å². The van der Waals surface area contributed by atoms with Crippen LogP contribution < -0.4 is 17.0 Å². The fraction of sp³-hybridized carbons (Fsp3) is 0.318. The van der Waals surface area contributed by atoms with Gasteiger partial charge in [-0.05, 0) is 42.2 Å². The molecule has 0 amide bonds. The van der Waals surface area contributed by atoms with Crippen LogP contribution in [0.5, 0.6) is 0 Å². The van der Waals surface area contributed by atoms with Crippen LogP contribution in [-0.4, -0.2) is 29.3 Å². The van der Waals surface area contributed by atoms with E-state index in [2.05, 4.69) is 20.2 Å². The molecule has 9 nitrogen and oxygen atoms in total. The van der Waals surface area contributed by atoms with Crippen LogP contribution >= 0.6 is 0 Å². The Kier molecular flexibility index (Phi) is 5.92. The number of anilines is 1. The number of nitrogen functional groups attached to an aromatic ring is 1. The summed E-state index contributed by atoms with van der Waals surface area (Å²) < 4.78 is 2.89. The summed E-state index contributed by atoms with van der Waals surface area (Å²) in [6.07, 6.45) is 5.96. The van der Waals surface area contributed by atoms with Crippen molar-refractivity contribution in [2.75, 3.05) is 5.73 Å². The van der Waals surface area contributed by atoms with Crippen LogP contribution in [0, 0.1) is 0 Å². The summed E-state index contributed by atoms with van der Waals surface area (Å²) in [4.78, 5) is 34.0. The smallest absolute Gasteiger partial charge is 0.332 e. The molecule has 0 spiro atoms. The average Bonchev–Trinajstić information content (AvgIpc) is 3.18. The number of aryl methyl sites for hydroxylation is 2. The summed E-state index contributed by atoms with van der Waals surface area (Å²) in [6, 6.07) is 9.42. The van der Waals surface area contributed by atoms with Gasteiger partial charge in [-0.15, -0.1) is 0 Å². The highest BCUT2D eigenvalue weighted by Crippen LogP contribution is 2.12. The molecule has 0 saturated heterocycles. The van der Waals surface area contributed by atoms with Crippen molar-refractivity contribution in [3.8, 4) is 0 Å². The third-order valence-corrected chi connectivity index (χ3v) is 5.24. The van der Waals surface area contributed by atoms with Crippen molar-refractivity contribution in [3.05, 3.63) is 80.5 Å². The van der Waals surface area contributed by atoms with Gasteiger partial charge in [0.1, 0.15) is 11.3 Å². The van der Waals surface area contributed by atoms with E-state index in [-0.39, 0.29) is 11.2 Å². The van der Waals surface area contributed by atoms with Crippen molar-refractivity contribution in [2.24, 2.45) is 0 Å². The fourth-order valence-corrected chi connectivity index (χ4v) is 3.62. The molecule has 9 heteroatoms. The van der Waals surface area contributed by atoms with Gasteiger partial charge in [-0.3, -0.25) is 13.9 Å². The molecular formula is C22H25N7O2. The summed E-state index contributed by atoms with van der Waals surface area (Å²) in [7, 11) is 0. The molecule has 0 saturated carbocycles. The van der Waals surface area contributed by atoms with Gasteiger partial charge in [-0.1, -0.05) is 25.5 Å². The number of nitrogens with one attached hydrogen (secondary N) is 1. The number of H-pyrrole nitrogens is 1. The third kappa shape index (κ3) is 4.40. The maximum atomic E-state index is 13.2. The van der Waals surface area contributed by atoms with Gasteiger partial charge in [0, 0.05) is 31.4 Å². The highest BCUT2D eigenvalue weighted by Gasteiger charge is 2.17. The molecule has 0 unspecified atom stereocenters. The summed E-state index contributed by atoms with van der Waals surface area (Å²) >= 11 is 0. The van der Waals surface area contributed by atoms with Crippen LogP contribution in [0.4, 0.5) is 5.69 Å². The Labute approximate surface area is 178 Å². The molecule has 3 aromatic heterocycles. The lowest BCUT2D eigenvalue weighted by Gasteiger charge is -2.11. The van der Waals surface area contributed by atoms with E-state index in [4.69, 9.17) is 5.73 Å². The second-order valence-electron chi connectivity index (χ2n) is 7.55. The number of benzene rings is 1. The Hall–Kier alpha value is -3.75. The van der Waals surface area contributed by atoms with Crippen molar-refractivity contribution >= 4 is 16.9 Å². The quantitative estimate of drug-likeness (QED) is 0.420. The second kappa shape index (κ2) is 8.95. The van der Waals surface area contributed by atoms with E-state index in [9.17, 15) is 9.59 Å². The lowest BCUT2D eigenvalue weighted by Crippen LogP contribution is -2.40. The van der Waals surface area contributed by atoms with Gasteiger partial charge in [0.05, 0.1) is 6.20 Å². The van der Waals surface area contributed by atoms with Gasteiger partial charge in [-0.25, -0.2) is 9.78 Å². The Bertz CT molecular complexity index is 1310. The second-order valence-corrected chi connectivity index (χ2v) is 7.55. The molecule has 0 radical (unpaired) electrons. The SMILES string of the molecule is CCCCn1c(=O)c2[nH]c(Cc3ccnnc3)nc2n(CCc2cccc(N)c2)c1=O. The molecule has 0 aliphatic rings. The maximum absolute atomic E-state index is 13.2. The Morgan fingerprint density at radius 2 is 1.94 bits per heavy atom. The van der Waals surface area contributed by atoms with Gasteiger partial charge >= 0.3 is 5.69 Å². The van der Waals surface area contributed by atoms with E-state index in [0.29, 0.717) is 48.6 Å². The number of fused-ring (bicyclic) bond motifs is 1. The molecule has 0 atom stereocenters. The van der Waals surface area contributed by atoms with Gasteiger partial charge in [0.15, 0.2) is 5.65 Å². The summed E-state index contributed by atoms with van der Waals surface area (Å²) in [5.74, 6) is 0.602. The Morgan fingerprint density at radius 1 is 1.06 bits per heavy atom. The molecule has 0 aliphatic heterocycles. The maximum Gasteiger partial charge on any atom is 0.332 e. The first-order valence-corrected chi connectivity index (χ1v) is 10.4. The minimum Gasteiger partial charge on any atom is -0.399 e. The van der Waals surface area contributed by atoms with Gasteiger partial charge < -0.3 is 10.7 Å². The van der Waals surface area contributed by atoms with Crippen LogP contribution in [-0.2, 0) is 25.9 Å². The standard InChI is InChI=1S/C22H25N7O2/c1-2-3-10-29-21(30)19-20(27-18(26-19)13-16-7-9-24-25-14-16)28(22(29)31)11-8-15-5-4-6-17(23)12-15/h4-7,9,12,14H,2-3,8,10-11,13,23H2,1H3,(H,26,27). The number of imidazole rings is 1. The van der Waals surface area contributed by atoms with Crippen molar-refractivity contribution in [1.29, 1.82) is 0 Å². The summed E-state index contributed by atoms with van der Waals surface area (Å²) in [5, 5.41) is 7.66. The van der Waals surface area contributed by atoms with E-state index < -0.39 is 0 Å². The average molecular weight is 419 g/mol. The summed E-state index contributed by atoms with van der Waals surface area (Å²) in [5.41, 5.74) is 8.55. The molecule has 31 heavy (non-hydrogen) atoms. The van der Waals surface area contributed by atoms with E-state index in [1.807, 2.05) is 37.3 Å². The number of nitrogens with zero attached hydrogens (tertiary/aromatic N) is 5. The van der Waals surface area contributed by atoms with E-state index >= 15 is 0 Å². The predicted molar refractivity (Wildman–Crippen MR) is 119 cm³/mol. The van der Waals surface area contributed by atoms with Crippen LogP contribution in [0.3, 0.4) is 0 Å². The number of aromatic amines is 1. The van der Waals surface area contributed by atoms with E-state index in [1.54, 1.807) is 17.0 Å². The third-order valence-electron chi connectivity index (χ3n) is 5.24. The molecule has 1 aromatic carbocycles. The van der Waals surface area contributed by atoms with E-state index in [0.717, 1.165) is 24.0 Å². The van der Waals surface area contributed by atoms with Gasteiger partial charge in [-0.2, -0.15) is 10.2 Å². The lowest BCUT2D eigenvalue weighted by atomic mass is 10.1. The zero-order valence-electron chi connectivity index (χ0n) is 17.4. The number of hydrogen-bond donors (Lipinski definition) is 2. The van der Waals surface area contributed by atoms with Crippen LogP contribution in [0.15, 0.2) is 52.3 Å². The minimum absolute atomic E-state index is 0.333. The first-order valence-electron chi connectivity index (χ1n) is 10.4. The topological polar surface area (TPSA) is 124 Å². The zero-order chi connectivity index (χ0) is 21.8. The normalized spacial score (nSPS) is 11.3. The number of hydrogen-bond acceptors (Lipinski definition) is 6. The molecule has 0 bridgehead atoms.